The van der Waals surface area contributed by atoms with Crippen molar-refractivity contribution in [2.75, 3.05) is 13.2 Å². The second-order valence-corrected chi connectivity index (χ2v) is 7.25. The maximum atomic E-state index is 12.8. The summed E-state index contributed by atoms with van der Waals surface area (Å²) in [5.74, 6) is -1.13. The van der Waals surface area contributed by atoms with E-state index in [-0.39, 0.29) is 22.6 Å². The van der Waals surface area contributed by atoms with Crippen LogP contribution in [0.25, 0.3) is 0 Å². The molecule has 21 heavy (non-hydrogen) atoms. The second kappa shape index (κ2) is 5.40. The summed E-state index contributed by atoms with van der Waals surface area (Å²) in [5.41, 5.74) is -0.0210. The number of fused-ring (bicyclic) bond motifs is 1. The molecule has 0 radical (unpaired) electrons. The van der Waals surface area contributed by atoms with Crippen molar-refractivity contribution in [1.29, 1.82) is 0 Å². The standard InChI is InChI=1S/C14H17NO5S/c16-14(17)10-3-1-4-11(9-10)21(18,19)15-7-8-20-13-6-2-5-12(13)15/h1,3-4,9,12-13H,2,5-8H2,(H,16,17). The molecule has 1 saturated heterocycles. The van der Waals surface area contributed by atoms with E-state index in [0.717, 1.165) is 19.3 Å². The maximum Gasteiger partial charge on any atom is 0.335 e. The molecule has 114 valence electrons. The Morgan fingerprint density at radius 3 is 2.90 bits per heavy atom. The number of hydrogen-bond acceptors (Lipinski definition) is 4. The predicted octanol–water partition coefficient (Wildman–Crippen LogP) is 1.33. The van der Waals surface area contributed by atoms with E-state index in [9.17, 15) is 13.2 Å². The number of carboxylic acid groups (broad SMARTS) is 1. The lowest BCUT2D eigenvalue weighted by molar-refractivity contribution is -0.0241. The monoisotopic (exact) mass is 311 g/mol. The van der Waals surface area contributed by atoms with E-state index < -0.39 is 16.0 Å². The molecular weight excluding hydrogens is 294 g/mol. The minimum Gasteiger partial charge on any atom is -0.478 e. The molecule has 6 nitrogen and oxygen atoms in total. The SMILES string of the molecule is O=C(O)c1cccc(S(=O)(=O)N2CCOC3CCCC32)c1. The van der Waals surface area contributed by atoms with Crippen molar-refractivity contribution in [1.82, 2.24) is 4.31 Å². The van der Waals surface area contributed by atoms with Gasteiger partial charge in [0.15, 0.2) is 0 Å². The lowest BCUT2D eigenvalue weighted by atomic mass is 10.2. The third kappa shape index (κ3) is 2.56. The van der Waals surface area contributed by atoms with Crippen LogP contribution in [-0.4, -0.2) is 49.1 Å². The van der Waals surface area contributed by atoms with Gasteiger partial charge in [0.05, 0.1) is 29.2 Å². The first-order valence-electron chi connectivity index (χ1n) is 6.97. The van der Waals surface area contributed by atoms with Crippen LogP contribution in [0.4, 0.5) is 0 Å². The summed E-state index contributed by atoms with van der Waals surface area (Å²) in [6.07, 6.45) is 2.60. The number of carbonyl (C=O) groups is 1. The zero-order chi connectivity index (χ0) is 15.0. The van der Waals surface area contributed by atoms with E-state index >= 15 is 0 Å². The first-order chi connectivity index (χ1) is 10.00. The molecule has 2 unspecified atom stereocenters. The smallest absolute Gasteiger partial charge is 0.335 e. The molecule has 2 atom stereocenters. The van der Waals surface area contributed by atoms with Crippen LogP contribution in [0.15, 0.2) is 29.2 Å². The molecule has 1 aromatic rings. The fourth-order valence-electron chi connectivity index (χ4n) is 3.11. The lowest BCUT2D eigenvalue weighted by Crippen LogP contribution is -2.51. The zero-order valence-corrected chi connectivity index (χ0v) is 12.3. The lowest BCUT2D eigenvalue weighted by Gasteiger charge is -2.36. The molecule has 0 bridgehead atoms. The predicted molar refractivity (Wildman–Crippen MR) is 74.7 cm³/mol. The number of ether oxygens (including phenoxy) is 1. The summed E-state index contributed by atoms with van der Waals surface area (Å²) in [4.78, 5) is 11.0. The van der Waals surface area contributed by atoms with Gasteiger partial charge >= 0.3 is 5.97 Å². The topological polar surface area (TPSA) is 83.9 Å². The summed E-state index contributed by atoms with van der Waals surface area (Å²) in [6.45, 7) is 0.708. The van der Waals surface area contributed by atoms with Crippen molar-refractivity contribution in [3.63, 3.8) is 0 Å². The molecule has 2 aliphatic rings. The molecule has 1 aliphatic carbocycles. The van der Waals surface area contributed by atoms with E-state index in [1.807, 2.05) is 0 Å². The largest absolute Gasteiger partial charge is 0.478 e. The van der Waals surface area contributed by atoms with Crippen LogP contribution in [0.3, 0.4) is 0 Å². The maximum absolute atomic E-state index is 12.8. The van der Waals surface area contributed by atoms with Crippen LogP contribution >= 0.6 is 0 Å². The average molecular weight is 311 g/mol. The fourth-order valence-corrected chi connectivity index (χ4v) is 4.82. The van der Waals surface area contributed by atoms with Crippen LogP contribution in [0.1, 0.15) is 29.6 Å². The van der Waals surface area contributed by atoms with Gasteiger partial charge in [0, 0.05) is 6.54 Å². The van der Waals surface area contributed by atoms with Crippen LogP contribution in [0.5, 0.6) is 0 Å². The Bertz CT molecular complexity index is 657. The molecule has 1 heterocycles. The Hall–Kier alpha value is -1.44. The molecule has 1 N–H and O–H groups in total. The molecule has 2 fully saturated rings. The number of carboxylic acids is 1. The summed E-state index contributed by atoms with van der Waals surface area (Å²) < 4.78 is 32.7. The van der Waals surface area contributed by atoms with Gasteiger partial charge in [-0.1, -0.05) is 6.07 Å². The number of morpholine rings is 1. The Morgan fingerprint density at radius 2 is 2.14 bits per heavy atom. The molecule has 0 amide bonds. The van der Waals surface area contributed by atoms with Crippen molar-refractivity contribution in [2.45, 2.75) is 36.3 Å². The summed E-state index contributed by atoms with van der Waals surface area (Å²) in [6, 6.07) is 5.39. The molecule has 1 saturated carbocycles. The summed E-state index contributed by atoms with van der Waals surface area (Å²) >= 11 is 0. The molecule has 3 rings (SSSR count). The van der Waals surface area contributed by atoms with Crippen molar-refractivity contribution >= 4 is 16.0 Å². The number of aromatic carboxylic acids is 1. The van der Waals surface area contributed by atoms with Gasteiger partial charge in [-0.3, -0.25) is 0 Å². The van der Waals surface area contributed by atoms with Gasteiger partial charge in [-0.05, 0) is 37.5 Å². The minimum absolute atomic E-state index is 0.0210. The van der Waals surface area contributed by atoms with Crippen LogP contribution in [-0.2, 0) is 14.8 Å². The van der Waals surface area contributed by atoms with Crippen LogP contribution in [0.2, 0.25) is 0 Å². The van der Waals surface area contributed by atoms with Crippen molar-refractivity contribution < 1.29 is 23.1 Å². The molecule has 0 aromatic heterocycles. The number of nitrogens with zero attached hydrogens (tertiary/aromatic N) is 1. The van der Waals surface area contributed by atoms with Gasteiger partial charge in [-0.15, -0.1) is 0 Å². The average Bonchev–Trinajstić information content (AvgIpc) is 2.95. The highest BCUT2D eigenvalue weighted by molar-refractivity contribution is 7.89. The van der Waals surface area contributed by atoms with Gasteiger partial charge in [0.1, 0.15) is 0 Å². The van der Waals surface area contributed by atoms with E-state index in [4.69, 9.17) is 9.84 Å². The van der Waals surface area contributed by atoms with Gasteiger partial charge in [0.25, 0.3) is 0 Å². The van der Waals surface area contributed by atoms with E-state index in [2.05, 4.69) is 0 Å². The fraction of sp³-hybridized carbons (Fsp3) is 0.500. The summed E-state index contributed by atoms with van der Waals surface area (Å²) in [5, 5.41) is 9.01. The summed E-state index contributed by atoms with van der Waals surface area (Å²) in [7, 11) is -3.68. The number of sulfonamides is 1. The molecule has 1 aliphatic heterocycles. The van der Waals surface area contributed by atoms with Crippen molar-refractivity contribution in [3.8, 4) is 0 Å². The molecule has 0 spiro atoms. The van der Waals surface area contributed by atoms with Crippen LogP contribution in [0, 0.1) is 0 Å². The van der Waals surface area contributed by atoms with E-state index in [0.29, 0.717) is 13.2 Å². The normalized spacial score (nSPS) is 26.5. The first-order valence-corrected chi connectivity index (χ1v) is 8.41. The quantitative estimate of drug-likeness (QED) is 0.910. The Balaban J connectivity index is 1.96. The van der Waals surface area contributed by atoms with E-state index in [1.54, 1.807) is 0 Å². The number of benzene rings is 1. The van der Waals surface area contributed by atoms with Gasteiger partial charge in [-0.2, -0.15) is 4.31 Å². The van der Waals surface area contributed by atoms with Crippen LogP contribution < -0.4 is 0 Å². The van der Waals surface area contributed by atoms with Crippen molar-refractivity contribution in [2.24, 2.45) is 0 Å². The number of hydrogen-bond donors (Lipinski definition) is 1. The highest BCUT2D eigenvalue weighted by atomic mass is 32.2. The molecule has 7 heteroatoms. The molecular formula is C14H17NO5S. The third-order valence-electron chi connectivity index (χ3n) is 4.12. The Labute approximate surface area is 123 Å². The minimum atomic E-state index is -3.68. The second-order valence-electron chi connectivity index (χ2n) is 5.36. The Morgan fingerprint density at radius 1 is 1.33 bits per heavy atom. The molecule has 1 aromatic carbocycles. The van der Waals surface area contributed by atoms with Gasteiger partial charge in [-0.25, -0.2) is 13.2 Å². The first kappa shape index (κ1) is 14.5. The van der Waals surface area contributed by atoms with E-state index in [1.165, 1.54) is 28.6 Å². The van der Waals surface area contributed by atoms with Crippen molar-refractivity contribution in [3.05, 3.63) is 29.8 Å². The Kier molecular flexibility index (Phi) is 3.73. The highest BCUT2D eigenvalue weighted by Crippen LogP contribution is 2.33. The van der Waals surface area contributed by atoms with Gasteiger partial charge in [0.2, 0.25) is 10.0 Å². The van der Waals surface area contributed by atoms with Gasteiger partial charge < -0.3 is 9.84 Å². The highest BCUT2D eigenvalue weighted by Gasteiger charge is 2.42. The number of rotatable bonds is 3. The zero-order valence-electron chi connectivity index (χ0n) is 11.4. The third-order valence-corrected chi connectivity index (χ3v) is 6.04.